The van der Waals surface area contributed by atoms with Crippen LogP contribution in [-0.4, -0.2) is 42.8 Å². The summed E-state index contributed by atoms with van der Waals surface area (Å²) in [6.07, 6.45) is 2.30. The van der Waals surface area contributed by atoms with E-state index in [2.05, 4.69) is 4.72 Å². The van der Waals surface area contributed by atoms with Gasteiger partial charge in [-0.1, -0.05) is 0 Å². The minimum Gasteiger partial charge on any atom is -0.486 e. The average Bonchev–Trinajstić information content (AvgIpc) is 3.07. The predicted octanol–water partition coefficient (Wildman–Crippen LogP) is 1.11. The lowest BCUT2D eigenvalue weighted by Gasteiger charge is -2.20. The Morgan fingerprint density at radius 2 is 1.80 bits per heavy atom. The van der Waals surface area contributed by atoms with Gasteiger partial charge in [-0.2, -0.15) is 0 Å². The van der Waals surface area contributed by atoms with Gasteiger partial charge in [0.2, 0.25) is 10.0 Å². The quantitative estimate of drug-likeness (QED) is 0.790. The van der Waals surface area contributed by atoms with Gasteiger partial charge in [-0.3, -0.25) is 0 Å². The summed E-state index contributed by atoms with van der Waals surface area (Å²) in [6.45, 7) is 0.378. The number of sulfone groups is 1. The molecule has 2 aromatic rings. The van der Waals surface area contributed by atoms with Crippen molar-refractivity contribution in [3.05, 3.63) is 42.4 Å². The molecule has 8 nitrogen and oxygen atoms in total. The van der Waals surface area contributed by atoms with E-state index < -0.39 is 25.1 Å². The normalized spacial score (nSPS) is 15.7. The number of fused-ring (bicyclic) bond motifs is 1. The molecule has 0 unspecified atom stereocenters. The maximum Gasteiger partial charge on any atom is 0.208 e. The summed E-state index contributed by atoms with van der Waals surface area (Å²) in [5.74, 6) is 0.946. The number of hydrogen-bond acceptors (Lipinski definition) is 7. The maximum absolute atomic E-state index is 13.0. The topological polar surface area (TPSA) is 112 Å². The third-order valence-corrected chi connectivity index (χ3v) is 6.36. The number of furan rings is 1. The van der Waals surface area contributed by atoms with Crippen LogP contribution in [0.15, 0.2) is 45.9 Å². The van der Waals surface area contributed by atoms with Gasteiger partial charge in [0, 0.05) is 12.6 Å². The molecule has 0 fully saturated rings. The lowest BCUT2D eigenvalue weighted by Crippen LogP contribution is -2.31. The molecule has 0 spiro atoms. The van der Waals surface area contributed by atoms with Crippen molar-refractivity contribution in [2.45, 2.75) is 10.1 Å². The Morgan fingerprint density at radius 3 is 2.44 bits per heavy atom. The minimum absolute atomic E-state index is 0.00606. The molecule has 1 aliphatic heterocycles. The van der Waals surface area contributed by atoms with Gasteiger partial charge in [0.25, 0.3) is 0 Å². The van der Waals surface area contributed by atoms with Crippen LogP contribution in [0, 0.1) is 0 Å². The summed E-state index contributed by atoms with van der Waals surface area (Å²) in [6, 6.07) is 7.33. The molecule has 2 heterocycles. The molecule has 10 heteroatoms. The second kappa shape index (κ2) is 6.70. The average molecular weight is 387 g/mol. The standard InChI is InChI=1S/C15H17NO7S2/c1-24(17,18)16-10-15(13-3-2-6-21-13)25(19,20)11-4-5-12-14(9-11)23-8-7-22-12/h2-6,9,15-16H,7-8,10H2,1H3/t15-/m1/s1. The summed E-state index contributed by atoms with van der Waals surface area (Å²) < 4.78 is 67.1. The Balaban J connectivity index is 1.98. The first-order chi connectivity index (χ1) is 11.8. The highest BCUT2D eigenvalue weighted by Gasteiger charge is 2.33. The highest BCUT2D eigenvalue weighted by atomic mass is 32.2. The molecule has 1 aliphatic rings. The van der Waals surface area contributed by atoms with Crippen molar-refractivity contribution in [3.8, 4) is 11.5 Å². The number of hydrogen-bond donors (Lipinski definition) is 1. The van der Waals surface area contributed by atoms with E-state index in [1.807, 2.05) is 0 Å². The van der Waals surface area contributed by atoms with Crippen molar-refractivity contribution >= 4 is 19.9 Å². The molecule has 0 bridgehead atoms. The van der Waals surface area contributed by atoms with Gasteiger partial charge >= 0.3 is 0 Å². The Labute approximate surface area is 145 Å². The summed E-state index contributed by atoms with van der Waals surface area (Å²) in [5, 5.41) is -1.21. The molecule has 1 atom stereocenters. The minimum atomic E-state index is -3.94. The van der Waals surface area contributed by atoms with Crippen molar-refractivity contribution in [1.82, 2.24) is 4.72 Å². The van der Waals surface area contributed by atoms with E-state index in [1.165, 1.54) is 30.5 Å². The number of sulfonamides is 1. The smallest absolute Gasteiger partial charge is 0.208 e. The largest absolute Gasteiger partial charge is 0.486 e. The fourth-order valence-electron chi connectivity index (χ4n) is 2.43. The van der Waals surface area contributed by atoms with Crippen LogP contribution >= 0.6 is 0 Å². The van der Waals surface area contributed by atoms with E-state index in [-0.39, 0.29) is 17.2 Å². The first-order valence-corrected chi connectivity index (χ1v) is 10.8. The van der Waals surface area contributed by atoms with Crippen molar-refractivity contribution in [3.63, 3.8) is 0 Å². The molecule has 0 saturated heterocycles. The Morgan fingerprint density at radius 1 is 1.08 bits per heavy atom. The van der Waals surface area contributed by atoms with E-state index in [4.69, 9.17) is 13.9 Å². The summed E-state index contributed by atoms with van der Waals surface area (Å²) in [7, 11) is -7.50. The lowest BCUT2D eigenvalue weighted by atomic mass is 10.3. The highest BCUT2D eigenvalue weighted by molar-refractivity contribution is 7.92. The number of nitrogens with one attached hydrogen (secondary N) is 1. The number of ether oxygens (including phenoxy) is 2. The molecule has 25 heavy (non-hydrogen) atoms. The van der Waals surface area contributed by atoms with Gasteiger partial charge in [-0.25, -0.2) is 21.6 Å². The first kappa shape index (κ1) is 17.8. The van der Waals surface area contributed by atoms with Gasteiger partial charge in [0.15, 0.2) is 21.3 Å². The second-order valence-electron chi connectivity index (χ2n) is 5.48. The van der Waals surface area contributed by atoms with Crippen LogP contribution in [0.2, 0.25) is 0 Å². The van der Waals surface area contributed by atoms with Crippen LogP contribution in [0.3, 0.4) is 0 Å². The molecule has 0 saturated carbocycles. The van der Waals surface area contributed by atoms with Crippen LogP contribution in [0.4, 0.5) is 0 Å². The molecule has 3 rings (SSSR count). The van der Waals surface area contributed by atoms with Crippen LogP contribution < -0.4 is 14.2 Å². The van der Waals surface area contributed by atoms with Crippen LogP contribution in [0.25, 0.3) is 0 Å². The fraction of sp³-hybridized carbons (Fsp3) is 0.333. The molecular weight excluding hydrogens is 370 g/mol. The van der Waals surface area contributed by atoms with Crippen LogP contribution in [0.1, 0.15) is 11.0 Å². The summed E-state index contributed by atoms with van der Waals surface area (Å²) in [5.41, 5.74) is 0. The number of rotatable bonds is 6. The molecule has 1 N–H and O–H groups in total. The fourth-order valence-corrected chi connectivity index (χ4v) is 4.60. The van der Waals surface area contributed by atoms with E-state index in [0.717, 1.165) is 6.26 Å². The second-order valence-corrected chi connectivity index (χ2v) is 9.44. The number of benzene rings is 1. The van der Waals surface area contributed by atoms with E-state index in [1.54, 1.807) is 6.07 Å². The van der Waals surface area contributed by atoms with Crippen LogP contribution in [0.5, 0.6) is 11.5 Å². The molecule has 0 aliphatic carbocycles. The maximum atomic E-state index is 13.0. The summed E-state index contributed by atoms with van der Waals surface area (Å²) in [4.78, 5) is -0.00606. The Kier molecular flexibility index (Phi) is 4.76. The molecule has 1 aromatic carbocycles. The van der Waals surface area contributed by atoms with Crippen molar-refractivity contribution in [2.75, 3.05) is 26.0 Å². The third kappa shape index (κ3) is 3.97. The molecule has 0 amide bonds. The highest BCUT2D eigenvalue weighted by Crippen LogP contribution is 2.36. The zero-order valence-corrected chi connectivity index (χ0v) is 15.0. The van der Waals surface area contributed by atoms with Gasteiger partial charge in [0.1, 0.15) is 24.2 Å². The molecule has 136 valence electrons. The SMILES string of the molecule is CS(=O)(=O)NC[C@H](c1ccco1)S(=O)(=O)c1ccc2c(c1)OCCO2. The molecule has 0 radical (unpaired) electrons. The van der Waals surface area contributed by atoms with E-state index in [0.29, 0.717) is 24.7 Å². The molecule has 1 aromatic heterocycles. The third-order valence-electron chi connectivity index (χ3n) is 3.61. The zero-order valence-electron chi connectivity index (χ0n) is 13.3. The van der Waals surface area contributed by atoms with E-state index >= 15 is 0 Å². The monoisotopic (exact) mass is 387 g/mol. The lowest BCUT2D eigenvalue weighted by molar-refractivity contribution is 0.171. The zero-order chi connectivity index (χ0) is 18.1. The Bertz CT molecular complexity index is 950. The van der Waals surface area contributed by atoms with Crippen molar-refractivity contribution in [1.29, 1.82) is 0 Å². The van der Waals surface area contributed by atoms with Gasteiger partial charge in [0.05, 0.1) is 17.4 Å². The van der Waals surface area contributed by atoms with Crippen molar-refractivity contribution < 1.29 is 30.7 Å². The van der Waals surface area contributed by atoms with Crippen LogP contribution in [-0.2, 0) is 19.9 Å². The molecular formula is C15H17NO7S2. The predicted molar refractivity (Wildman–Crippen MR) is 88.9 cm³/mol. The Hall–Kier alpha value is -2.04. The van der Waals surface area contributed by atoms with Gasteiger partial charge < -0.3 is 13.9 Å². The first-order valence-electron chi connectivity index (χ1n) is 7.39. The van der Waals surface area contributed by atoms with E-state index in [9.17, 15) is 16.8 Å². The van der Waals surface area contributed by atoms with Gasteiger partial charge in [-0.05, 0) is 24.3 Å². The van der Waals surface area contributed by atoms with Crippen molar-refractivity contribution in [2.24, 2.45) is 0 Å². The summed E-state index contributed by atoms with van der Waals surface area (Å²) >= 11 is 0. The van der Waals surface area contributed by atoms with Gasteiger partial charge in [-0.15, -0.1) is 0 Å².